The molecule has 1 aromatic rings. The molecule has 0 aliphatic heterocycles. The molecule has 1 heterocycles. The van der Waals surface area contributed by atoms with Crippen molar-refractivity contribution in [2.45, 2.75) is 26.2 Å². The topological polar surface area (TPSA) is 96.7 Å². The van der Waals surface area contributed by atoms with Gasteiger partial charge in [-0.2, -0.15) is 5.10 Å². The van der Waals surface area contributed by atoms with Gasteiger partial charge in [-0.1, -0.05) is 19.1 Å². The number of nitrogens with one attached hydrogen (secondary N) is 2. The molecule has 4 N–H and O–H groups in total. The fourth-order valence-electron chi connectivity index (χ4n) is 1.46. The maximum absolute atomic E-state index is 11.7. The van der Waals surface area contributed by atoms with Gasteiger partial charge in [0.25, 0.3) is 0 Å². The van der Waals surface area contributed by atoms with Gasteiger partial charge in [0, 0.05) is 13.0 Å². The summed E-state index contributed by atoms with van der Waals surface area (Å²) in [4.78, 5) is 15.9. The van der Waals surface area contributed by atoms with Gasteiger partial charge in [0.1, 0.15) is 12.2 Å². The lowest BCUT2D eigenvalue weighted by molar-refractivity contribution is -0.123. The summed E-state index contributed by atoms with van der Waals surface area (Å²) in [7, 11) is 0. The Kier molecular flexibility index (Phi) is 5.55. The molecule has 17 heavy (non-hydrogen) atoms. The first kappa shape index (κ1) is 13.6. The van der Waals surface area contributed by atoms with E-state index in [-0.39, 0.29) is 16.8 Å². The minimum atomic E-state index is -0.365. The highest BCUT2D eigenvalue weighted by atomic mass is 32.1. The molecule has 7 heteroatoms. The van der Waals surface area contributed by atoms with Crippen LogP contribution in [0.2, 0.25) is 0 Å². The minimum Gasteiger partial charge on any atom is -0.393 e. The Labute approximate surface area is 105 Å². The van der Waals surface area contributed by atoms with E-state index in [0.717, 1.165) is 18.7 Å². The normalized spacial score (nSPS) is 12.1. The molecular formula is C10H17N5OS. The Hall–Kier alpha value is -1.50. The number of carbonyl (C=O) groups excluding carboxylic acids is 1. The summed E-state index contributed by atoms with van der Waals surface area (Å²) in [6.45, 7) is 2.47. The number of aromatic amines is 1. The number of carbonyl (C=O) groups is 1. The molecule has 0 fully saturated rings. The number of nitrogens with two attached hydrogens (primary N) is 1. The molecule has 94 valence electrons. The lowest BCUT2D eigenvalue weighted by atomic mass is 10.1. The number of hydrogen-bond acceptors (Lipinski definition) is 4. The van der Waals surface area contributed by atoms with Crippen LogP contribution < -0.4 is 11.1 Å². The predicted octanol–water partition coefficient (Wildman–Crippen LogP) is 0.166. The molecule has 0 spiro atoms. The third-order valence-electron chi connectivity index (χ3n) is 2.42. The number of aryl methyl sites for hydroxylation is 1. The van der Waals surface area contributed by atoms with Gasteiger partial charge in [0.2, 0.25) is 5.91 Å². The highest BCUT2D eigenvalue weighted by Gasteiger charge is 2.18. The maximum Gasteiger partial charge on any atom is 0.229 e. The van der Waals surface area contributed by atoms with E-state index >= 15 is 0 Å². The zero-order chi connectivity index (χ0) is 12.7. The number of rotatable bonds is 7. The van der Waals surface area contributed by atoms with Crippen LogP contribution in [-0.4, -0.2) is 32.6 Å². The molecule has 0 saturated heterocycles. The maximum atomic E-state index is 11.7. The van der Waals surface area contributed by atoms with E-state index in [1.807, 2.05) is 6.92 Å². The first-order valence-corrected chi connectivity index (χ1v) is 5.97. The molecule has 1 unspecified atom stereocenters. The molecule has 1 atom stereocenters. The van der Waals surface area contributed by atoms with Crippen LogP contribution in [0.15, 0.2) is 6.33 Å². The van der Waals surface area contributed by atoms with E-state index in [1.54, 1.807) is 0 Å². The van der Waals surface area contributed by atoms with Crippen LogP contribution in [0.25, 0.3) is 0 Å². The summed E-state index contributed by atoms with van der Waals surface area (Å²) >= 11 is 4.83. The van der Waals surface area contributed by atoms with Gasteiger partial charge < -0.3 is 11.1 Å². The second-order valence-corrected chi connectivity index (χ2v) is 4.16. The number of hydrogen-bond donors (Lipinski definition) is 3. The van der Waals surface area contributed by atoms with E-state index < -0.39 is 0 Å². The molecule has 0 bridgehead atoms. The minimum absolute atomic E-state index is 0.0995. The Morgan fingerprint density at radius 3 is 3.00 bits per heavy atom. The first-order valence-electron chi connectivity index (χ1n) is 5.56. The average Bonchev–Trinajstić information content (AvgIpc) is 2.77. The van der Waals surface area contributed by atoms with E-state index in [9.17, 15) is 4.79 Å². The van der Waals surface area contributed by atoms with Gasteiger partial charge in [0.15, 0.2) is 0 Å². The van der Waals surface area contributed by atoms with Gasteiger partial charge in [-0.25, -0.2) is 4.98 Å². The second-order valence-electron chi connectivity index (χ2n) is 3.69. The molecule has 0 aliphatic rings. The molecule has 0 saturated carbocycles. The molecule has 1 aromatic heterocycles. The largest absolute Gasteiger partial charge is 0.393 e. The molecule has 0 radical (unpaired) electrons. The monoisotopic (exact) mass is 255 g/mol. The molecule has 0 aliphatic carbocycles. The molecule has 1 rings (SSSR count). The Morgan fingerprint density at radius 1 is 1.71 bits per heavy atom. The molecule has 0 aromatic carbocycles. The van der Waals surface area contributed by atoms with Crippen molar-refractivity contribution < 1.29 is 4.79 Å². The Morgan fingerprint density at radius 2 is 2.47 bits per heavy atom. The van der Waals surface area contributed by atoms with Gasteiger partial charge in [-0.05, 0) is 12.8 Å². The van der Waals surface area contributed by atoms with Gasteiger partial charge in [-0.15, -0.1) is 0 Å². The summed E-state index contributed by atoms with van der Waals surface area (Å²) in [6, 6.07) is 0. The SMILES string of the molecule is CCC(C(=O)NCCCc1ncn[nH]1)C(N)=S. The van der Waals surface area contributed by atoms with Crippen molar-refractivity contribution >= 4 is 23.1 Å². The lowest BCUT2D eigenvalue weighted by Crippen LogP contribution is -2.38. The van der Waals surface area contributed by atoms with Crippen LogP contribution in [0.4, 0.5) is 0 Å². The van der Waals surface area contributed by atoms with Crippen molar-refractivity contribution in [1.82, 2.24) is 20.5 Å². The fourth-order valence-corrected chi connectivity index (χ4v) is 1.73. The zero-order valence-electron chi connectivity index (χ0n) is 9.77. The molecular weight excluding hydrogens is 238 g/mol. The van der Waals surface area contributed by atoms with E-state index in [1.165, 1.54) is 6.33 Å². The van der Waals surface area contributed by atoms with Crippen molar-refractivity contribution in [3.63, 3.8) is 0 Å². The first-order chi connectivity index (χ1) is 8.15. The van der Waals surface area contributed by atoms with Crippen molar-refractivity contribution in [1.29, 1.82) is 0 Å². The van der Waals surface area contributed by atoms with Crippen LogP contribution in [0.5, 0.6) is 0 Å². The summed E-state index contributed by atoms with van der Waals surface area (Å²) in [6.07, 6.45) is 3.65. The van der Waals surface area contributed by atoms with Crippen molar-refractivity contribution in [3.05, 3.63) is 12.2 Å². The average molecular weight is 255 g/mol. The second kappa shape index (κ2) is 6.95. The van der Waals surface area contributed by atoms with Crippen LogP contribution in [-0.2, 0) is 11.2 Å². The van der Waals surface area contributed by atoms with Crippen LogP contribution in [0, 0.1) is 5.92 Å². The quantitative estimate of drug-likeness (QED) is 0.476. The third kappa shape index (κ3) is 4.48. The van der Waals surface area contributed by atoms with Gasteiger partial charge in [-0.3, -0.25) is 9.89 Å². The highest BCUT2D eigenvalue weighted by Crippen LogP contribution is 2.03. The number of thiocarbonyl (C=S) groups is 1. The number of H-pyrrole nitrogens is 1. The number of amides is 1. The van der Waals surface area contributed by atoms with Crippen molar-refractivity contribution in [2.24, 2.45) is 11.7 Å². The van der Waals surface area contributed by atoms with E-state index in [2.05, 4.69) is 20.5 Å². The highest BCUT2D eigenvalue weighted by molar-refractivity contribution is 7.80. The summed E-state index contributed by atoms with van der Waals surface area (Å²) in [5.41, 5.74) is 5.48. The smallest absolute Gasteiger partial charge is 0.229 e. The predicted molar refractivity (Wildman–Crippen MR) is 68.3 cm³/mol. The molecule has 1 amide bonds. The van der Waals surface area contributed by atoms with Crippen LogP contribution in [0.1, 0.15) is 25.6 Å². The van der Waals surface area contributed by atoms with Crippen molar-refractivity contribution in [3.8, 4) is 0 Å². The zero-order valence-corrected chi connectivity index (χ0v) is 10.6. The number of nitrogens with zero attached hydrogens (tertiary/aromatic N) is 2. The standard InChI is InChI=1S/C10H17N5OS/c1-2-7(9(11)17)10(16)12-5-3-4-8-13-6-14-15-8/h6-7H,2-5H2,1H3,(H2,11,17)(H,12,16)(H,13,14,15). The third-order valence-corrected chi connectivity index (χ3v) is 2.71. The van der Waals surface area contributed by atoms with Crippen LogP contribution >= 0.6 is 12.2 Å². The molecule has 6 nitrogen and oxygen atoms in total. The van der Waals surface area contributed by atoms with Crippen LogP contribution in [0.3, 0.4) is 0 Å². The summed E-state index contributed by atoms with van der Waals surface area (Å²) in [5.74, 6) is 0.355. The Bertz CT molecular complexity index is 365. The van der Waals surface area contributed by atoms with Crippen molar-refractivity contribution in [2.75, 3.05) is 6.54 Å². The fraction of sp³-hybridized carbons (Fsp3) is 0.600. The van der Waals surface area contributed by atoms with Gasteiger partial charge >= 0.3 is 0 Å². The van der Waals surface area contributed by atoms with E-state index in [4.69, 9.17) is 18.0 Å². The van der Waals surface area contributed by atoms with E-state index in [0.29, 0.717) is 13.0 Å². The lowest BCUT2D eigenvalue weighted by Gasteiger charge is -2.12. The Balaban J connectivity index is 2.22. The number of aromatic nitrogens is 3. The van der Waals surface area contributed by atoms with Gasteiger partial charge in [0.05, 0.1) is 10.9 Å². The summed E-state index contributed by atoms with van der Waals surface area (Å²) < 4.78 is 0. The summed E-state index contributed by atoms with van der Waals surface area (Å²) in [5, 5.41) is 9.32.